The third kappa shape index (κ3) is 7.90. The molecule has 2 aromatic carbocycles. The number of ether oxygens (including phenoxy) is 2. The van der Waals surface area contributed by atoms with Crippen LogP contribution in [0.2, 0.25) is 0 Å². The summed E-state index contributed by atoms with van der Waals surface area (Å²) in [6, 6.07) is 12.5. The second-order valence-electron chi connectivity index (χ2n) is 6.80. The van der Waals surface area contributed by atoms with Crippen LogP contribution < -0.4 is 20.8 Å². The van der Waals surface area contributed by atoms with E-state index in [9.17, 15) is 19.2 Å². The van der Waals surface area contributed by atoms with Gasteiger partial charge in [-0.05, 0) is 67.9 Å². The lowest BCUT2D eigenvalue weighted by Crippen LogP contribution is -2.34. The van der Waals surface area contributed by atoms with Crippen molar-refractivity contribution in [3.63, 3.8) is 0 Å². The maximum absolute atomic E-state index is 11.9. The highest BCUT2D eigenvalue weighted by Crippen LogP contribution is 2.11. The number of amides is 3. The summed E-state index contributed by atoms with van der Waals surface area (Å²) in [7, 11) is 1.26. The first-order chi connectivity index (χ1) is 15.3. The SMILES string of the molecule is COC(=O)c1ccc(NC(=O)C(=O)N/N=C/c2ccc(OCC(=O)NC(C)C)cc2)cc1. The lowest BCUT2D eigenvalue weighted by Gasteiger charge is -2.09. The summed E-state index contributed by atoms with van der Waals surface area (Å²) in [6.45, 7) is 3.62. The molecule has 0 unspecified atom stereocenters. The van der Waals surface area contributed by atoms with Crippen LogP contribution in [0.15, 0.2) is 53.6 Å². The number of anilines is 1. The van der Waals surface area contributed by atoms with Crippen molar-refractivity contribution < 1.29 is 28.7 Å². The molecule has 0 saturated heterocycles. The van der Waals surface area contributed by atoms with Gasteiger partial charge in [-0.2, -0.15) is 5.10 Å². The van der Waals surface area contributed by atoms with E-state index in [4.69, 9.17) is 4.74 Å². The second kappa shape index (κ2) is 11.8. The van der Waals surface area contributed by atoms with E-state index in [2.05, 4.69) is 25.9 Å². The van der Waals surface area contributed by atoms with E-state index >= 15 is 0 Å². The molecule has 0 radical (unpaired) electrons. The van der Waals surface area contributed by atoms with Crippen LogP contribution in [0.3, 0.4) is 0 Å². The normalized spacial score (nSPS) is 10.5. The van der Waals surface area contributed by atoms with Crippen LogP contribution in [-0.4, -0.2) is 49.7 Å². The largest absolute Gasteiger partial charge is 0.484 e. The highest BCUT2D eigenvalue weighted by atomic mass is 16.5. The lowest BCUT2D eigenvalue weighted by molar-refractivity contribution is -0.136. The molecular weight excluding hydrogens is 416 g/mol. The Morgan fingerprint density at radius 2 is 1.62 bits per heavy atom. The van der Waals surface area contributed by atoms with Crippen molar-refractivity contribution in [1.82, 2.24) is 10.7 Å². The first-order valence-electron chi connectivity index (χ1n) is 9.63. The Balaban J connectivity index is 1.80. The predicted molar refractivity (Wildman–Crippen MR) is 117 cm³/mol. The Morgan fingerprint density at radius 3 is 2.22 bits per heavy atom. The number of carbonyl (C=O) groups is 4. The summed E-state index contributed by atoms with van der Waals surface area (Å²) in [5, 5.41) is 8.85. The van der Waals surface area contributed by atoms with E-state index in [1.54, 1.807) is 24.3 Å². The van der Waals surface area contributed by atoms with Crippen LogP contribution in [0.25, 0.3) is 0 Å². The number of rotatable bonds is 8. The molecule has 2 aromatic rings. The Labute approximate surface area is 185 Å². The van der Waals surface area contributed by atoms with Crippen molar-refractivity contribution in [3.05, 3.63) is 59.7 Å². The fourth-order valence-corrected chi connectivity index (χ4v) is 2.37. The van der Waals surface area contributed by atoms with Crippen molar-refractivity contribution in [3.8, 4) is 5.75 Å². The molecule has 0 aromatic heterocycles. The molecule has 3 N–H and O–H groups in total. The molecule has 0 bridgehead atoms. The standard InChI is InChI=1S/C22H24N4O6/c1-14(2)24-19(27)13-32-18-10-4-15(5-11-18)12-23-26-21(29)20(28)25-17-8-6-16(7-9-17)22(30)31-3/h4-12,14H,13H2,1-3H3,(H,24,27)(H,25,28)(H,26,29)/b23-12+. The maximum Gasteiger partial charge on any atom is 0.337 e. The van der Waals surface area contributed by atoms with Gasteiger partial charge in [0.25, 0.3) is 5.91 Å². The minimum Gasteiger partial charge on any atom is -0.484 e. The number of nitrogens with one attached hydrogen (secondary N) is 3. The minimum absolute atomic E-state index is 0.0362. The summed E-state index contributed by atoms with van der Waals surface area (Å²) >= 11 is 0. The Hall–Kier alpha value is -4.21. The zero-order chi connectivity index (χ0) is 23.5. The molecular formula is C22H24N4O6. The molecule has 0 spiro atoms. The number of benzene rings is 2. The molecule has 0 saturated carbocycles. The number of methoxy groups -OCH3 is 1. The highest BCUT2D eigenvalue weighted by Gasteiger charge is 2.13. The lowest BCUT2D eigenvalue weighted by atomic mass is 10.2. The molecule has 0 aliphatic heterocycles. The van der Waals surface area contributed by atoms with Gasteiger partial charge in [-0.3, -0.25) is 14.4 Å². The van der Waals surface area contributed by atoms with E-state index in [0.717, 1.165) is 0 Å². The van der Waals surface area contributed by atoms with Gasteiger partial charge in [-0.1, -0.05) is 0 Å². The van der Waals surface area contributed by atoms with Gasteiger partial charge in [0.15, 0.2) is 6.61 Å². The van der Waals surface area contributed by atoms with E-state index in [1.807, 2.05) is 13.8 Å². The molecule has 10 heteroatoms. The maximum atomic E-state index is 11.9. The Morgan fingerprint density at radius 1 is 0.969 bits per heavy atom. The van der Waals surface area contributed by atoms with E-state index < -0.39 is 17.8 Å². The first-order valence-corrected chi connectivity index (χ1v) is 9.63. The van der Waals surface area contributed by atoms with Gasteiger partial charge in [0, 0.05) is 11.7 Å². The minimum atomic E-state index is -0.964. The summed E-state index contributed by atoms with van der Waals surface area (Å²) < 4.78 is 9.96. The molecule has 3 amide bonds. The Bertz CT molecular complexity index is 984. The van der Waals surface area contributed by atoms with Gasteiger partial charge < -0.3 is 20.1 Å². The number of hydrogen-bond donors (Lipinski definition) is 3. The summed E-state index contributed by atoms with van der Waals surface area (Å²) in [4.78, 5) is 46.8. The zero-order valence-corrected chi connectivity index (χ0v) is 17.9. The Kier molecular flexibility index (Phi) is 8.91. The van der Waals surface area contributed by atoms with Crippen LogP contribution >= 0.6 is 0 Å². The van der Waals surface area contributed by atoms with Gasteiger partial charge in [-0.25, -0.2) is 10.2 Å². The topological polar surface area (TPSA) is 135 Å². The summed E-state index contributed by atoms with van der Waals surface area (Å²) in [5.41, 5.74) is 3.41. The van der Waals surface area contributed by atoms with E-state index in [0.29, 0.717) is 22.6 Å². The van der Waals surface area contributed by atoms with Gasteiger partial charge in [0.05, 0.1) is 18.9 Å². The number of esters is 1. The second-order valence-corrected chi connectivity index (χ2v) is 6.80. The molecule has 0 aliphatic carbocycles. The van der Waals surface area contributed by atoms with Gasteiger partial charge >= 0.3 is 17.8 Å². The van der Waals surface area contributed by atoms with Crippen LogP contribution in [0.1, 0.15) is 29.8 Å². The molecule has 2 rings (SSSR count). The molecule has 0 atom stereocenters. The zero-order valence-electron chi connectivity index (χ0n) is 17.9. The van der Waals surface area contributed by atoms with Crippen LogP contribution in [0.5, 0.6) is 5.75 Å². The molecule has 168 valence electrons. The average Bonchev–Trinajstić information content (AvgIpc) is 2.78. The predicted octanol–water partition coefficient (Wildman–Crippen LogP) is 1.47. The van der Waals surface area contributed by atoms with Crippen LogP contribution in [-0.2, 0) is 19.1 Å². The average molecular weight is 440 g/mol. The van der Waals surface area contributed by atoms with Crippen molar-refractivity contribution >= 4 is 35.6 Å². The van der Waals surface area contributed by atoms with Gasteiger partial charge in [0.1, 0.15) is 5.75 Å². The third-order valence-corrected chi connectivity index (χ3v) is 3.85. The number of carbonyl (C=O) groups excluding carboxylic acids is 4. The molecule has 32 heavy (non-hydrogen) atoms. The first kappa shape index (κ1) is 24.1. The summed E-state index contributed by atoms with van der Waals surface area (Å²) in [5.74, 6) is -2.11. The smallest absolute Gasteiger partial charge is 0.337 e. The fraction of sp³-hybridized carbons (Fsp3) is 0.227. The quantitative estimate of drug-likeness (QED) is 0.246. The third-order valence-electron chi connectivity index (χ3n) is 3.85. The van der Waals surface area contributed by atoms with E-state index in [1.165, 1.54) is 37.6 Å². The van der Waals surface area contributed by atoms with Crippen molar-refractivity contribution in [2.75, 3.05) is 19.0 Å². The molecule has 0 heterocycles. The number of hydrogen-bond acceptors (Lipinski definition) is 7. The van der Waals surface area contributed by atoms with Crippen molar-refractivity contribution in [2.24, 2.45) is 5.10 Å². The van der Waals surface area contributed by atoms with Crippen molar-refractivity contribution in [2.45, 2.75) is 19.9 Å². The fourth-order valence-electron chi connectivity index (χ4n) is 2.37. The monoisotopic (exact) mass is 440 g/mol. The summed E-state index contributed by atoms with van der Waals surface area (Å²) in [6.07, 6.45) is 1.35. The molecule has 0 fully saturated rings. The van der Waals surface area contributed by atoms with Gasteiger partial charge in [0.2, 0.25) is 0 Å². The van der Waals surface area contributed by atoms with E-state index in [-0.39, 0.29) is 18.6 Å². The number of hydrazone groups is 1. The highest BCUT2D eigenvalue weighted by molar-refractivity contribution is 6.39. The molecule has 10 nitrogen and oxygen atoms in total. The van der Waals surface area contributed by atoms with Crippen molar-refractivity contribution in [1.29, 1.82) is 0 Å². The van der Waals surface area contributed by atoms with Crippen LogP contribution in [0, 0.1) is 0 Å². The number of nitrogens with zero attached hydrogens (tertiary/aromatic N) is 1. The van der Waals surface area contributed by atoms with Crippen LogP contribution in [0.4, 0.5) is 5.69 Å². The van der Waals surface area contributed by atoms with Gasteiger partial charge in [-0.15, -0.1) is 0 Å². The molecule has 0 aliphatic rings.